The summed E-state index contributed by atoms with van der Waals surface area (Å²) in [5.74, 6) is -0.858. The molecule has 0 heterocycles. The summed E-state index contributed by atoms with van der Waals surface area (Å²) in [5, 5.41) is 9.89. The van der Waals surface area contributed by atoms with E-state index in [-0.39, 0.29) is 26.1 Å². The van der Waals surface area contributed by atoms with Crippen molar-refractivity contribution in [2.45, 2.75) is 187 Å². The van der Waals surface area contributed by atoms with Crippen LogP contribution in [0.3, 0.4) is 0 Å². The van der Waals surface area contributed by atoms with Gasteiger partial charge < -0.3 is 24.0 Å². The van der Waals surface area contributed by atoms with Gasteiger partial charge in [0.2, 0.25) is 0 Å². The van der Waals surface area contributed by atoms with Crippen molar-refractivity contribution in [1.82, 2.24) is 0 Å². The van der Waals surface area contributed by atoms with Gasteiger partial charge in [-0.2, -0.15) is 0 Å². The van der Waals surface area contributed by atoms with Gasteiger partial charge in [-0.05, 0) is 64.2 Å². The third kappa shape index (κ3) is 41.9. The molecule has 0 saturated heterocycles. The molecule has 0 saturated carbocycles. The number of carbonyl (C=O) groups is 2. The summed E-state index contributed by atoms with van der Waals surface area (Å²) in [5.41, 5.74) is 0. The van der Waals surface area contributed by atoms with Crippen LogP contribution in [0.1, 0.15) is 174 Å². The minimum Gasteiger partial charge on any atom is -0.462 e. The Hall–Kier alpha value is -2.07. The van der Waals surface area contributed by atoms with Crippen LogP contribution in [0.15, 0.2) is 48.6 Å². The van der Waals surface area contributed by atoms with E-state index in [0.29, 0.717) is 23.9 Å². The number of esters is 2. The fourth-order valence-electron chi connectivity index (χ4n) is 5.87. The molecule has 0 aromatic rings. The smallest absolute Gasteiger partial charge is 0.462 e. The lowest BCUT2D eigenvalue weighted by Gasteiger charge is -2.24. The Labute approximate surface area is 348 Å². The summed E-state index contributed by atoms with van der Waals surface area (Å²) in [6, 6.07) is 0. The summed E-state index contributed by atoms with van der Waals surface area (Å²) >= 11 is 0. The molecule has 332 valence electrons. The van der Waals surface area contributed by atoms with Crippen molar-refractivity contribution in [1.29, 1.82) is 0 Å². The molecular formula is C46H85NO9P+. The van der Waals surface area contributed by atoms with Gasteiger partial charge in [-0.25, -0.2) is 4.57 Å². The summed E-state index contributed by atoms with van der Waals surface area (Å²) in [7, 11) is 1.42. The molecule has 0 aromatic heterocycles. The average Bonchev–Trinajstić information content (AvgIpc) is 3.15. The van der Waals surface area contributed by atoms with Gasteiger partial charge in [-0.15, -0.1) is 0 Å². The number of hydrogen-bond acceptors (Lipinski definition) is 8. The predicted octanol–water partition coefficient (Wildman–Crippen LogP) is 11.7. The average molecular weight is 827 g/mol. The number of likely N-dealkylation sites (N-methyl/N-ethyl adjacent to an activating group) is 1. The van der Waals surface area contributed by atoms with Crippen molar-refractivity contribution in [2.24, 2.45) is 0 Å². The van der Waals surface area contributed by atoms with Crippen LogP contribution in [-0.2, 0) is 32.7 Å². The molecule has 0 fully saturated rings. The van der Waals surface area contributed by atoms with Crippen molar-refractivity contribution >= 4 is 19.8 Å². The lowest BCUT2D eigenvalue weighted by atomic mass is 10.1. The van der Waals surface area contributed by atoms with E-state index in [1.54, 1.807) is 6.08 Å². The van der Waals surface area contributed by atoms with E-state index in [1.165, 1.54) is 64.2 Å². The number of ether oxygens (including phenoxy) is 2. The van der Waals surface area contributed by atoms with Gasteiger partial charge >= 0.3 is 19.8 Å². The number of carbonyl (C=O) groups excluding carboxylic acids is 2. The van der Waals surface area contributed by atoms with Gasteiger partial charge in [-0.3, -0.25) is 18.6 Å². The zero-order valence-corrected chi connectivity index (χ0v) is 37.8. The van der Waals surface area contributed by atoms with Gasteiger partial charge in [-0.1, -0.05) is 146 Å². The van der Waals surface area contributed by atoms with E-state index in [1.807, 2.05) is 45.4 Å². The molecule has 3 atom stereocenters. The number of allylic oxidation sites excluding steroid dienone is 6. The van der Waals surface area contributed by atoms with Gasteiger partial charge in [0.15, 0.2) is 6.10 Å². The van der Waals surface area contributed by atoms with E-state index >= 15 is 0 Å². The Morgan fingerprint density at radius 1 is 0.632 bits per heavy atom. The Morgan fingerprint density at radius 2 is 1.16 bits per heavy atom. The number of quaternary nitrogens is 1. The van der Waals surface area contributed by atoms with E-state index in [0.717, 1.165) is 70.6 Å². The minimum absolute atomic E-state index is 0.0160. The van der Waals surface area contributed by atoms with E-state index in [2.05, 4.69) is 32.1 Å². The number of rotatable bonds is 40. The predicted molar refractivity (Wildman–Crippen MR) is 235 cm³/mol. The monoisotopic (exact) mass is 827 g/mol. The first kappa shape index (κ1) is 54.9. The third-order valence-corrected chi connectivity index (χ3v) is 10.4. The Balaban J connectivity index is 4.41. The third-order valence-electron chi connectivity index (χ3n) is 9.42. The van der Waals surface area contributed by atoms with E-state index in [9.17, 15) is 24.2 Å². The number of phosphoric acid groups is 1. The quantitative estimate of drug-likeness (QED) is 0.0155. The van der Waals surface area contributed by atoms with Crippen molar-refractivity contribution in [3.05, 3.63) is 48.6 Å². The summed E-state index contributed by atoms with van der Waals surface area (Å²) in [4.78, 5) is 35.4. The van der Waals surface area contributed by atoms with Crippen LogP contribution in [0.5, 0.6) is 0 Å². The van der Waals surface area contributed by atoms with Gasteiger partial charge in [0.25, 0.3) is 0 Å². The normalized spacial score (nSPS) is 14.6. The highest BCUT2D eigenvalue weighted by Crippen LogP contribution is 2.43. The second-order valence-electron chi connectivity index (χ2n) is 16.2. The molecular weight excluding hydrogens is 741 g/mol. The SMILES string of the molecule is CC/C=C/CC(O)/C=C/C=C/CCCCCCCC(=O)O[C@H](COC(=O)CCCCCCCCC/C=C\CCCCCCCC)COP(=O)(O)OCC[N+](C)(C)C. The number of phosphoric ester groups is 1. The maximum atomic E-state index is 12.7. The molecule has 0 amide bonds. The minimum atomic E-state index is -4.40. The molecule has 0 aliphatic rings. The van der Waals surface area contributed by atoms with Crippen LogP contribution in [0.2, 0.25) is 0 Å². The molecule has 57 heavy (non-hydrogen) atoms. The molecule has 2 N–H and O–H groups in total. The number of nitrogens with zero attached hydrogens (tertiary/aromatic N) is 1. The second-order valence-corrected chi connectivity index (χ2v) is 17.7. The fraction of sp³-hybridized carbons (Fsp3) is 0.783. The van der Waals surface area contributed by atoms with E-state index in [4.69, 9.17) is 18.5 Å². The highest BCUT2D eigenvalue weighted by Gasteiger charge is 2.27. The van der Waals surface area contributed by atoms with Crippen LogP contribution in [0.25, 0.3) is 0 Å². The Morgan fingerprint density at radius 3 is 1.72 bits per heavy atom. The van der Waals surface area contributed by atoms with Crippen LogP contribution >= 0.6 is 7.82 Å². The molecule has 2 unspecified atom stereocenters. The van der Waals surface area contributed by atoms with Crippen LogP contribution in [0.4, 0.5) is 0 Å². The molecule has 0 spiro atoms. The molecule has 0 aromatic carbocycles. The van der Waals surface area contributed by atoms with Crippen LogP contribution in [0, 0.1) is 0 Å². The zero-order chi connectivity index (χ0) is 42.3. The Kier molecular flexibility index (Phi) is 36.8. The van der Waals surface area contributed by atoms with Gasteiger partial charge in [0.05, 0.1) is 33.9 Å². The van der Waals surface area contributed by atoms with Gasteiger partial charge in [0.1, 0.15) is 19.8 Å². The largest absolute Gasteiger partial charge is 0.472 e. The first-order chi connectivity index (χ1) is 27.4. The van der Waals surface area contributed by atoms with Crippen molar-refractivity contribution in [2.75, 3.05) is 47.5 Å². The highest BCUT2D eigenvalue weighted by molar-refractivity contribution is 7.47. The molecule has 0 aliphatic heterocycles. The van der Waals surface area contributed by atoms with E-state index < -0.39 is 38.6 Å². The van der Waals surface area contributed by atoms with Crippen molar-refractivity contribution < 1.29 is 47.2 Å². The van der Waals surface area contributed by atoms with Crippen LogP contribution in [-0.4, -0.2) is 86.1 Å². The van der Waals surface area contributed by atoms with Gasteiger partial charge in [0, 0.05) is 12.8 Å². The molecule has 0 aliphatic carbocycles. The molecule has 0 radical (unpaired) electrons. The zero-order valence-electron chi connectivity index (χ0n) is 36.9. The summed E-state index contributed by atoms with van der Waals surface area (Å²) < 4.78 is 34.3. The first-order valence-corrected chi connectivity index (χ1v) is 24.0. The van der Waals surface area contributed by atoms with Crippen molar-refractivity contribution in [3.63, 3.8) is 0 Å². The highest BCUT2D eigenvalue weighted by atomic mass is 31.2. The number of aliphatic hydroxyl groups excluding tert-OH is 1. The summed E-state index contributed by atoms with van der Waals surface area (Å²) in [6.07, 6.45) is 40.6. The lowest BCUT2D eigenvalue weighted by molar-refractivity contribution is -0.870. The van der Waals surface area contributed by atoms with Crippen LogP contribution < -0.4 is 0 Å². The second kappa shape index (κ2) is 38.2. The topological polar surface area (TPSA) is 129 Å². The number of aliphatic hydroxyl groups is 1. The maximum Gasteiger partial charge on any atom is 0.472 e. The standard InChI is InChI=1S/C46H84NO9P/c1-6-8-10-11-12-13-14-15-16-17-18-19-20-23-26-29-33-37-45(49)53-41-44(42-55-57(51,52)54-40-39-47(3,4)5)56-46(50)38-34-30-27-24-21-22-25-28-32-36-43(48)35-31-9-7-2/h9,15-16,25,28,31-32,36,43-44,48H,6-8,10-14,17-24,26-27,29-30,33-35,37-42H2,1-5H3/p+1/b16-15-,28-25+,31-9+,36-32+/t43?,44-/m1/s1. The molecule has 11 heteroatoms. The number of unbranched alkanes of at least 4 members (excludes halogenated alkanes) is 18. The first-order valence-electron chi connectivity index (χ1n) is 22.5. The lowest BCUT2D eigenvalue weighted by Crippen LogP contribution is -2.37. The molecule has 10 nitrogen and oxygen atoms in total. The van der Waals surface area contributed by atoms with Crippen molar-refractivity contribution in [3.8, 4) is 0 Å². The fourth-order valence-corrected chi connectivity index (χ4v) is 6.61. The molecule has 0 rings (SSSR count). The number of hydrogen-bond donors (Lipinski definition) is 2. The Bertz CT molecular complexity index is 1130. The summed E-state index contributed by atoms with van der Waals surface area (Å²) in [6.45, 7) is 4.15. The molecule has 0 bridgehead atoms. The maximum absolute atomic E-state index is 12.7.